The number of hydrogen-bond donors (Lipinski definition) is 1. The van der Waals surface area contributed by atoms with E-state index in [0.29, 0.717) is 18.2 Å². The molecule has 102 valence electrons. The minimum Gasteiger partial charge on any atom is -0.334 e. The van der Waals surface area contributed by atoms with Crippen LogP contribution in [0.2, 0.25) is 0 Å². The number of rotatable bonds is 2. The van der Waals surface area contributed by atoms with Gasteiger partial charge in [0.05, 0.1) is 11.6 Å². The van der Waals surface area contributed by atoms with E-state index in [1.54, 1.807) is 6.07 Å². The van der Waals surface area contributed by atoms with Crippen molar-refractivity contribution < 1.29 is 22.4 Å². The Hall–Kier alpha value is -2.10. The van der Waals surface area contributed by atoms with E-state index in [4.69, 9.17) is 5.26 Å². The van der Waals surface area contributed by atoms with Crippen molar-refractivity contribution in [1.82, 2.24) is 5.32 Å². The number of nitrogens with zero attached hydrogens (tertiary/aromatic N) is 1. The van der Waals surface area contributed by atoms with Crippen LogP contribution < -0.4 is 5.32 Å². The number of nitrogens with one attached hydrogen (secondary N) is 1. The second-order valence-corrected chi connectivity index (χ2v) is 4.42. The fourth-order valence-electron chi connectivity index (χ4n) is 1.27. The van der Waals surface area contributed by atoms with Gasteiger partial charge in [-0.05, 0) is 32.0 Å². The molecular formula is C12H10F4N2O. The second-order valence-electron chi connectivity index (χ2n) is 4.42. The third kappa shape index (κ3) is 3.95. The Labute approximate surface area is 106 Å². The first-order valence-corrected chi connectivity index (χ1v) is 5.17. The topological polar surface area (TPSA) is 52.9 Å². The van der Waals surface area contributed by atoms with Gasteiger partial charge in [0.2, 0.25) is 0 Å². The summed E-state index contributed by atoms with van der Waals surface area (Å²) >= 11 is 0. The first kappa shape index (κ1) is 15.0. The number of alkyl halides is 3. The Bertz CT molecular complexity index is 544. The minimum atomic E-state index is -4.75. The molecule has 0 spiro atoms. The van der Waals surface area contributed by atoms with Gasteiger partial charge in [-0.2, -0.15) is 18.4 Å². The van der Waals surface area contributed by atoms with Crippen LogP contribution >= 0.6 is 0 Å². The molecule has 0 atom stereocenters. The maximum absolute atomic E-state index is 13.1. The SMILES string of the molecule is CC(C)(C#N)NC(=O)c1cc(F)cc(C(F)(F)F)c1. The van der Waals surface area contributed by atoms with Gasteiger partial charge in [0.1, 0.15) is 11.4 Å². The highest BCUT2D eigenvalue weighted by Crippen LogP contribution is 2.30. The highest BCUT2D eigenvalue weighted by atomic mass is 19.4. The van der Waals surface area contributed by atoms with Gasteiger partial charge >= 0.3 is 6.18 Å². The molecule has 0 radical (unpaired) electrons. The normalized spacial score (nSPS) is 11.8. The third-order valence-corrected chi connectivity index (χ3v) is 2.19. The van der Waals surface area contributed by atoms with E-state index < -0.39 is 34.6 Å². The summed E-state index contributed by atoms with van der Waals surface area (Å²) in [5.74, 6) is -2.12. The molecule has 0 bridgehead atoms. The largest absolute Gasteiger partial charge is 0.416 e. The summed E-state index contributed by atoms with van der Waals surface area (Å²) in [5.41, 5.74) is -3.01. The van der Waals surface area contributed by atoms with Crippen LogP contribution in [0.3, 0.4) is 0 Å². The first-order valence-electron chi connectivity index (χ1n) is 5.17. The van der Waals surface area contributed by atoms with Gasteiger partial charge in [0.15, 0.2) is 0 Å². The van der Waals surface area contributed by atoms with Gasteiger partial charge in [0.25, 0.3) is 5.91 Å². The van der Waals surface area contributed by atoms with Crippen LogP contribution in [0, 0.1) is 17.1 Å². The zero-order valence-electron chi connectivity index (χ0n) is 10.1. The maximum atomic E-state index is 13.1. The average molecular weight is 274 g/mol. The summed E-state index contributed by atoms with van der Waals surface area (Å²) in [4.78, 5) is 11.7. The fraction of sp³-hybridized carbons (Fsp3) is 0.333. The number of nitriles is 1. The lowest BCUT2D eigenvalue weighted by atomic mass is 10.1. The summed E-state index contributed by atoms with van der Waals surface area (Å²) in [6.45, 7) is 2.74. The Kier molecular flexibility index (Phi) is 3.84. The summed E-state index contributed by atoms with van der Waals surface area (Å²) < 4.78 is 50.5. The molecule has 3 nitrogen and oxygen atoms in total. The van der Waals surface area contributed by atoms with Crippen LogP contribution in [0.1, 0.15) is 29.8 Å². The smallest absolute Gasteiger partial charge is 0.334 e. The zero-order valence-corrected chi connectivity index (χ0v) is 10.1. The number of hydrogen-bond acceptors (Lipinski definition) is 2. The summed E-state index contributed by atoms with van der Waals surface area (Å²) in [6.07, 6.45) is -4.75. The van der Waals surface area contributed by atoms with Crippen LogP contribution in [0.15, 0.2) is 18.2 Å². The highest BCUT2D eigenvalue weighted by Gasteiger charge is 2.32. The van der Waals surface area contributed by atoms with Crippen molar-refractivity contribution >= 4 is 5.91 Å². The molecule has 1 aromatic carbocycles. The lowest BCUT2D eigenvalue weighted by Gasteiger charge is -2.18. The van der Waals surface area contributed by atoms with Crippen LogP contribution in [-0.2, 0) is 6.18 Å². The molecule has 0 aliphatic carbocycles. The summed E-state index contributed by atoms with van der Waals surface area (Å²) in [5, 5.41) is 10.9. The molecule has 1 rings (SSSR count). The minimum absolute atomic E-state index is 0.298. The van der Waals surface area contributed by atoms with Crippen molar-refractivity contribution in [3.63, 3.8) is 0 Å². The molecule has 0 unspecified atom stereocenters. The molecule has 1 N–H and O–H groups in total. The average Bonchev–Trinajstić information content (AvgIpc) is 2.26. The van der Waals surface area contributed by atoms with E-state index in [2.05, 4.69) is 5.32 Å². The van der Waals surface area contributed by atoms with E-state index in [-0.39, 0.29) is 0 Å². The molecule has 0 saturated heterocycles. The highest BCUT2D eigenvalue weighted by molar-refractivity contribution is 5.95. The van der Waals surface area contributed by atoms with Crippen molar-refractivity contribution in [3.8, 4) is 6.07 Å². The Morgan fingerprint density at radius 3 is 2.32 bits per heavy atom. The predicted octanol–water partition coefficient (Wildman–Crippen LogP) is 2.88. The zero-order chi connectivity index (χ0) is 14.8. The van der Waals surface area contributed by atoms with Crippen molar-refractivity contribution in [2.75, 3.05) is 0 Å². The van der Waals surface area contributed by atoms with Crippen molar-refractivity contribution in [1.29, 1.82) is 5.26 Å². The molecule has 1 aromatic rings. The molecule has 0 saturated carbocycles. The van der Waals surface area contributed by atoms with Crippen molar-refractivity contribution in [3.05, 3.63) is 35.1 Å². The summed E-state index contributed by atoms with van der Waals surface area (Å²) in [6, 6.07) is 3.26. The number of benzene rings is 1. The van der Waals surface area contributed by atoms with E-state index in [1.165, 1.54) is 13.8 Å². The van der Waals surface area contributed by atoms with E-state index in [9.17, 15) is 22.4 Å². The predicted molar refractivity (Wildman–Crippen MR) is 58.6 cm³/mol. The lowest BCUT2D eigenvalue weighted by Crippen LogP contribution is -2.42. The third-order valence-electron chi connectivity index (χ3n) is 2.19. The van der Waals surface area contributed by atoms with Crippen LogP contribution in [0.25, 0.3) is 0 Å². The van der Waals surface area contributed by atoms with Gasteiger partial charge in [-0.25, -0.2) is 4.39 Å². The molecule has 7 heteroatoms. The molecule has 0 aromatic heterocycles. The number of amides is 1. The van der Waals surface area contributed by atoms with E-state index in [0.717, 1.165) is 0 Å². The molecule has 1 amide bonds. The fourth-order valence-corrected chi connectivity index (χ4v) is 1.27. The molecule has 0 heterocycles. The summed E-state index contributed by atoms with van der Waals surface area (Å²) in [7, 11) is 0. The number of carbonyl (C=O) groups excluding carboxylic acids is 1. The Morgan fingerprint density at radius 1 is 1.26 bits per heavy atom. The molecule has 0 aliphatic rings. The number of halogens is 4. The standard InChI is InChI=1S/C12H10F4N2O/c1-11(2,6-17)18-10(19)7-3-8(12(14,15)16)5-9(13)4-7/h3-5H,1-2H3,(H,18,19). The molecule has 0 fully saturated rings. The van der Waals surface area contributed by atoms with Crippen molar-refractivity contribution in [2.24, 2.45) is 0 Å². The van der Waals surface area contributed by atoms with Crippen LogP contribution in [0.4, 0.5) is 17.6 Å². The van der Waals surface area contributed by atoms with E-state index in [1.807, 2.05) is 0 Å². The van der Waals surface area contributed by atoms with Crippen LogP contribution in [-0.4, -0.2) is 11.4 Å². The molecule has 19 heavy (non-hydrogen) atoms. The number of carbonyl (C=O) groups is 1. The van der Waals surface area contributed by atoms with E-state index >= 15 is 0 Å². The monoisotopic (exact) mass is 274 g/mol. The first-order chi connectivity index (χ1) is 8.55. The van der Waals surface area contributed by atoms with Gasteiger partial charge in [-0.1, -0.05) is 0 Å². The molecule has 0 aliphatic heterocycles. The Morgan fingerprint density at radius 2 is 1.84 bits per heavy atom. The maximum Gasteiger partial charge on any atom is 0.416 e. The van der Waals surface area contributed by atoms with Crippen LogP contribution in [0.5, 0.6) is 0 Å². The quantitative estimate of drug-likeness (QED) is 0.843. The van der Waals surface area contributed by atoms with Gasteiger partial charge < -0.3 is 5.32 Å². The van der Waals surface area contributed by atoms with Crippen molar-refractivity contribution in [2.45, 2.75) is 25.6 Å². The Balaban J connectivity index is 3.12. The molecular weight excluding hydrogens is 264 g/mol. The second kappa shape index (κ2) is 4.88. The lowest BCUT2D eigenvalue weighted by molar-refractivity contribution is -0.137. The van der Waals surface area contributed by atoms with Gasteiger partial charge in [0, 0.05) is 5.56 Å². The van der Waals surface area contributed by atoms with Gasteiger partial charge in [-0.3, -0.25) is 4.79 Å². The van der Waals surface area contributed by atoms with Gasteiger partial charge in [-0.15, -0.1) is 0 Å².